The highest BCUT2D eigenvalue weighted by Gasteiger charge is 2.56. The van der Waals surface area contributed by atoms with Crippen LogP contribution in [0, 0.1) is 17.0 Å². The van der Waals surface area contributed by atoms with Crippen LogP contribution in [0.2, 0.25) is 5.02 Å². The molecule has 4 aromatic heterocycles. The first-order valence-corrected chi connectivity index (χ1v) is 21.6. The zero-order chi connectivity index (χ0) is 44.5. The van der Waals surface area contributed by atoms with Crippen LogP contribution in [0.25, 0.3) is 21.8 Å². The highest BCUT2D eigenvalue weighted by Crippen LogP contribution is 2.49. The summed E-state index contributed by atoms with van der Waals surface area (Å²) >= 11 is 6.08. The molecule has 14 nitrogen and oxygen atoms in total. The summed E-state index contributed by atoms with van der Waals surface area (Å²) in [5, 5.41) is 2.09. The minimum absolute atomic E-state index is 0.0206. The standard InChI is InChI=1S/C33H32F2N4O5.C14H16ClN3O2/c1-38(24-5-3-23(34)4-6-24)32(41)33(9-10-33)30(40)19-22-2-7-29(26(35)18-22)44-28-8-11-36-27-20-31(37-21-25(27)28)43-17-14-39-12-15-42-16-13-39;15-12-1-2-16-13-9-14(17-10-11(12)13)20-8-5-18-3-6-19-7-4-18/h2-8,11,18,20-21H,9-10,12-17,19H2,1H3;1-2,9-10H,3-8H2. The van der Waals surface area contributed by atoms with Crippen molar-refractivity contribution in [3.63, 3.8) is 0 Å². The minimum atomic E-state index is -1.15. The molecule has 0 bridgehead atoms. The van der Waals surface area contributed by atoms with Gasteiger partial charge in [-0.3, -0.25) is 29.4 Å². The first-order valence-electron chi connectivity index (χ1n) is 21.2. The van der Waals surface area contributed by atoms with E-state index in [0.717, 1.165) is 76.6 Å². The average Bonchev–Trinajstić information content (AvgIpc) is 4.13. The van der Waals surface area contributed by atoms with Crippen LogP contribution in [0.4, 0.5) is 14.5 Å². The number of ketones is 1. The largest absolute Gasteiger partial charge is 0.476 e. The summed E-state index contributed by atoms with van der Waals surface area (Å²) < 4.78 is 56.6. The third-order valence-electron chi connectivity index (χ3n) is 11.4. The van der Waals surface area contributed by atoms with Crippen molar-refractivity contribution in [3.05, 3.63) is 114 Å². The van der Waals surface area contributed by atoms with Gasteiger partial charge < -0.3 is 28.6 Å². The summed E-state index contributed by atoms with van der Waals surface area (Å²) in [6.45, 7) is 9.47. The number of hydrogen-bond donors (Lipinski definition) is 0. The van der Waals surface area contributed by atoms with Crippen molar-refractivity contribution in [3.8, 4) is 23.3 Å². The molecule has 17 heteroatoms. The van der Waals surface area contributed by atoms with E-state index in [1.807, 2.05) is 6.07 Å². The van der Waals surface area contributed by atoms with Gasteiger partial charge in [0.25, 0.3) is 0 Å². The number of carbonyl (C=O) groups is 2. The van der Waals surface area contributed by atoms with Crippen molar-refractivity contribution in [2.75, 3.05) is 90.9 Å². The van der Waals surface area contributed by atoms with E-state index in [4.69, 9.17) is 35.3 Å². The fourth-order valence-electron chi connectivity index (χ4n) is 7.49. The Balaban J connectivity index is 0.000000233. The Labute approximate surface area is 374 Å². The monoisotopic (exact) mass is 895 g/mol. The van der Waals surface area contributed by atoms with Gasteiger partial charge in [0.05, 0.1) is 47.9 Å². The number of nitrogens with zero attached hydrogens (tertiary/aromatic N) is 7. The van der Waals surface area contributed by atoms with E-state index >= 15 is 4.39 Å². The van der Waals surface area contributed by atoms with Crippen molar-refractivity contribution >= 4 is 50.8 Å². The van der Waals surface area contributed by atoms with Gasteiger partial charge in [-0.2, -0.15) is 0 Å². The Morgan fingerprint density at radius 1 is 0.734 bits per heavy atom. The molecule has 334 valence electrons. The molecular weight excluding hydrogens is 848 g/mol. The number of halogens is 3. The molecule has 1 saturated carbocycles. The number of ether oxygens (including phenoxy) is 5. The molecule has 1 amide bonds. The number of Topliss-reactive ketones (excluding diaryl/α,β-unsaturated/α-hetero) is 1. The molecule has 64 heavy (non-hydrogen) atoms. The van der Waals surface area contributed by atoms with Gasteiger partial charge in [-0.15, -0.1) is 0 Å². The topological polar surface area (TPSA) is 142 Å². The van der Waals surface area contributed by atoms with Crippen LogP contribution in [0.3, 0.4) is 0 Å². The first kappa shape index (κ1) is 44.7. The highest BCUT2D eigenvalue weighted by molar-refractivity contribution is 6.35. The molecule has 2 saturated heterocycles. The minimum Gasteiger partial charge on any atom is -0.476 e. The second kappa shape index (κ2) is 20.7. The summed E-state index contributed by atoms with van der Waals surface area (Å²) in [6.07, 6.45) is 7.28. The number of amides is 1. The SMILES string of the molecule is CN(C(=O)C1(C(=O)Cc2ccc(Oc3ccnc4cc(OCCN5CCOCC5)ncc34)c(F)c2)CC1)c1ccc(F)cc1.Clc1ccnc2cc(OCCN3CCOCC3)ncc12. The van der Waals surface area contributed by atoms with Gasteiger partial charge in [-0.1, -0.05) is 17.7 Å². The normalized spacial score (nSPS) is 16.1. The van der Waals surface area contributed by atoms with Crippen LogP contribution in [0.5, 0.6) is 23.3 Å². The molecule has 3 fully saturated rings. The number of pyridine rings is 4. The molecule has 2 aromatic carbocycles. The Hall–Kier alpha value is -5.91. The predicted molar refractivity (Wildman–Crippen MR) is 236 cm³/mol. The molecule has 6 aromatic rings. The average molecular weight is 896 g/mol. The van der Waals surface area contributed by atoms with E-state index in [9.17, 15) is 14.0 Å². The molecule has 0 N–H and O–H groups in total. The quantitative estimate of drug-likeness (QED) is 0.0982. The van der Waals surface area contributed by atoms with Gasteiger partial charge in [0.2, 0.25) is 17.7 Å². The lowest BCUT2D eigenvalue weighted by Gasteiger charge is -2.26. The van der Waals surface area contributed by atoms with E-state index in [1.54, 1.807) is 56.1 Å². The second-order valence-electron chi connectivity index (χ2n) is 15.7. The van der Waals surface area contributed by atoms with Crippen molar-refractivity contribution < 1.29 is 42.1 Å². The lowest BCUT2D eigenvalue weighted by atomic mass is 9.93. The molecule has 2 aliphatic heterocycles. The zero-order valence-corrected chi connectivity index (χ0v) is 36.1. The molecule has 0 unspecified atom stereocenters. The van der Waals surface area contributed by atoms with Gasteiger partial charge in [0, 0.05) is 101 Å². The lowest BCUT2D eigenvalue weighted by molar-refractivity contribution is -0.133. The van der Waals surface area contributed by atoms with Crippen LogP contribution in [0.1, 0.15) is 18.4 Å². The maximum atomic E-state index is 15.2. The summed E-state index contributed by atoms with van der Waals surface area (Å²) in [6, 6.07) is 16.8. The zero-order valence-electron chi connectivity index (χ0n) is 35.4. The Bertz CT molecular complexity index is 2570. The Morgan fingerprint density at radius 2 is 1.31 bits per heavy atom. The van der Waals surface area contributed by atoms with Gasteiger partial charge in [0.1, 0.15) is 30.2 Å². The van der Waals surface area contributed by atoms with Crippen LogP contribution in [-0.4, -0.2) is 127 Å². The molecule has 9 rings (SSSR count). The number of carbonyl (C=O) groups excluding carboxylic acids is 2. The highest BCUT2D eigenvalue weighted by atomic mass is 35.5. The van der Waals surface area contributed by atoms with Crippen LogP contribution < -0.4 is 19.1 Å². The number of anilines is 1. The summed E-state index contributed by atoms with van der Waals surface area (Å²) in [4.78, 5) is 49.7. The van der Waals surface area contributed by atoms with Crippen molar-refractivity contribution in [1.82, 2.24) is 29.7 Å². The van der Waals surface area contributed by atoms with Crippen molar-refractivity contribution in [1.29, 1.82) is 0 Å². The van der Waals surface area contributed by atoms with Gasteiger partial charge >= 0.3 is 0 Å². The Kier molecular flexibility index (Phi) is 14.5. The molecule has 0 spiro atoms. The number of hydrogen-bond acceptors (Lipinski definition) is 13. The van der Waals surface area contributed by atoms with E-state index in [0.29, 0.717) is 70.7 Å². The molecule has 0 atom stereocenters. The maximum absolute atomic E-state index is 15.2. The summed E-state index contributed by atoms with van der Waals surface area (Å²) in [7, 11) is 1.56. The maximum Gasteiger partial charge on any atom is 0.240 e. The van der Waals surface area contributed by atoms with Crippen LogP contribution in [0.15, 0.2) is 91.5 Å². The molecule has 3 aliphatic rings. The van der Waals surface area contributed by atoms with E-state index in [-0.39, 0.29) is 23.9 Å². The number of benzene rings is 2. The van der Waals surface area contributed by atoms with E-state index < -0.39 is 17.0 Å². The number of rotatable bonds is 15. The lowest BCUT2D eigenvalue weighted by Crippen LogP contribution is -2.39. The van der Waals surface area contributed by atoms with Crippen LogP contribution in [-0.2, 0) is 25.5 Å². The van der Waals surface area contributed by atoms with E-state index in [2.05, 4.69) is 29.7 Å². The van der Waals surface area contributed by atoms with Gasteiger partial charge in [-0.05, 0) is 66.9 Å². The van der Waals surface area contributed by atoms with E-state index in [1.165, 1.54) is 41.3 Å². The second-order valence-corrected chi connectivity index (χ2v) is 16.1. The molecule has 0 radical (unpaired) electrons. The first-order chi connectivity index (χ1) is 31.1. The third-order valence-corrected chi connectivity index (χ3v) is 11.8. The predicted octanol–water partition coefficient (Wildman–Crippen LogP) is 6.96. The third kappa shape index (κ3) is 11.1. The fraction of sp³-hybridized carbons (Fsp3) is 0.362. The summed E-state index contributed by atoms with van der Waals surface area (Å²) in [5.41, 5.74) is 1.17. The Morgan fingerprint density at radius 3 is 1.91 bits per heavy atom. The molecular formula is C47H48ClF2N7O7. The number of aromatic nitrogens is 4. The van der Waals surface area contributed by atoms with Crippen molar-refractivity contribution in [2.45, 2.75) is 19.3 Å². The number of morpholine rings is 2. The van der Waals surface area contributed by atoms with Gasteiger partial charge in [-0.25, -0.2) is 18.7 Å². The van der Waals surface area contributed by atoms with Crippen LogP contribution >= 0.6 is 11.6 Å². The van der Waals surface area contributed by atoms with Crippen molar-refractivity contribution in [2.24, 2.45) is 5.41 Å². The molecule has 6 heterocycles. The molecule has 1 aliphatic carbocycles. The fourth-order valence-corrected chi connectivity index (χ4v) is 7.69. The smallest absolute Gasteiger partial charge is 0.240 e. The van der Waals surface area contributed by atoms with Gasteiger partial charge in [0.15, 0.2) is 17.3 Å². The summed E-state index contributed by atoms with van der Waals surface area (Å²) in [5.74, 6) is -0.311. The number of fused-ring (bicyclic) bond motifs is 2.